The van der Waals surface area contributed by atoms with E-state index in [0.29, 0.717) is 0 Å². The molecule has 0 aliphatic heterocycles. The third kappa shape index (κ3) is 5.89. The lowest BCUT2D eigenvalue weighted by molar-refractivity contribution is 0.659. The number of nitrogens with zero attached hydrogens (tertiary/aromatic N) is 2. The molecule has 4 heteroatoms. The van der Waals surface area contributed by atoms with E-state index >= 15 is 0 Å². The Kier molecular flexibility index (Phi) is 8.51. The molecule has 12 aromatic rings. The van der Waals surface area contributed by atoms with Crippen molar-refractivity contribution in [3.63, 3.8) is 0 Å². The number of rotatable bonds is 6. The lowest BCUT2D eigenvalue weighted by Crippen LogP contribution is -2.18. The summed E-state index contributed by atoms with van der Waals surface area (Å²) in [7, 11) is 0. The number of furan rings is 2. The lowest BCUT2D eigenvalue weighted by Gasteiger charge is -2.30. The van der Waals surface area contributed by atoms with Gasteiger partial charge < -0.3 is 18.6 Å². The van der Waals surface area contributed by atoms with E-state index in [-0.39, 0.29) is 16.2 Å². The van der Waals surface area contributed by atoms with E-state index in [1.807, 2.05) is 12.1 Å². The van der Waals surface area contributed by atoms with Crippen LogP contribution in [0, 0.1) is 0 Å². The van der Waals surface area contributed by atoms with E-state index in [0.717, 1.165) is 78.0 Å². The molecule has 2 heterocycles. The Morgan fingerprint density at radius 2 is 0.521 bits per heavy atom. The van der Waals surface area contributed by atoms with Gasteiger partial charge in [-0.1, -0.05) is 151 Å². The topological polar surface area (TPSA) is 32.8 Å². The summed E-state index contributed by atoms with van der Waals surface area (Å²) in [5.74, 6) is 0. The molecule has 15 rings (SSSR count). The summed E-state index contributed by atoms with van der Waals surface area (Å²) in [4.78, 5) is 4.86. The van der Waals surface area contributed by atoms with Crippen molar-refractivity contribution in [3.05, 3.63) is 240 Å². The van der Waals surface area contributed by atoms with Gasteiger partial charge in [-0.05, 0) is 152 Å². The highest BCUT2D eigenvalue weighted by Crippen LogP contribution is 2.56. The van der Waals surface area contributed by atoms with E-state index in [2.05, 4.69) is 245 Å². The van der Waals surface area contributed by atoms with Crippen molar-refractivity contribution in [3.8, 4) is 33.4 Å². The van der Waals surface area contributed by atoms with Crippen LogP contribution in [-0.4, -0.2) is 0 Å². The van der Waals surface area contributed by atoms with Gasteiger partial charge in [0.15, 0.2) is 0 Å². The number of hydrogen-bond acceptors (Lipinski definition) is 4. The Labute approximate surface area is 425 Å². The maximum absolute atomic E-state index is 6.55. The zero-order valence-electron chi connectivity index (χ0n) is 41.8. The molecule has 0 fully saturated rings. The summed E-state index contributed by atoms with van der Waals surface area (Å²) in [6.07, 6.45) is 0. The molecule has 10 aromatic carbocycles. The van der Waals surface area contributed by atoms with Crippen LogP contribution < -0.4 is 9.80 Å². The van der Waals surface area contributed by atoms with Crippen molar-refractivity contribution < 1.29 is 8.83 Å². The van der Waals surface area contributed by atoms with Gasteiger partial charge in [0.2, 0.25) is 0 Å². The van der Waals surface area contributed by atoms with Crippen LogP contribution in [0.2, 0.25) is 0 Å². The third-order valence-corrected chi connectivity index (χ3v) is 17.1. The first kappa shape index (κ1) is 42.1. The molecule has 2 aromatic heterocycles. The molecule has 350 valence electrons. The molecule has 0 atom stereocenters. The minimum Gasteiger partial charge on any atom is -0.456 e. The SMILES string of the molecule is CC1(C)c2ccccc2-c2ccc(N(c3ccc4c(c3)C(C)(C)c3cc(N(c5ccc6c(c5)C(C)(C)c5ccccc5-6)c5ccc6c(c5)oc5ccccc56)ccc3-4)c3ccc4c(c3)oc3ccccc34)cc21. The molecule has 3 aliphatic carbocycles. The third-order valence-electron chi connectivity index (χ3n) is 17.1. The highest BCUT2D eigenvalue weighted by molar-refractivity contribution is 6.07. The first-order valence-electron chi connectivity index (χ1n) is 25.6. The van der Waals surface area contributed by atoms with Crippen molar-refractivity contribution >= 4 is 78.0 Å². The normalized spacial score (nSPS) is 15.0. The number of benzene rings is 10. The minimum absolute atomic E-state index is 0.151. The first-order valence-corrected chi connectivity index (χ1v) is 25.6. The molecule has 0 radical (unpaired) electrons. The van der Waals surface area contributed by atoms with Crippen molar-refractivity contribution in [1.82, 2.24) is 0 Å². The van der Waals surface area contributed by atoms with E-state index in [4.69, 9.17) is 8.83 Å². The summed E-state index contributed by atoms with van der Waals surface area (Å²) in [6, 6.07) is 76.2. The molecule has 0 bridgehead atoms. The van der Waals surface area contributed by atoms with Crippen LogP contribution in [-0.2, 0) is 16.2 Å². The van der Waals surface area contributed by atoms with E-state index in [9.17, 15) is 0 Å². The molecular weight excluding hydrogens is 889 g/mol. The summed E-state index contributed by atoms with van der Waals surface area (Å²) >= 11 is 0. The van der Waals surface area contributed by atoms with Gasteiger partial charge in [-0.3, -0.25) is 0 Å². The predicted molar refractivity (Wildman–Crippen MR) is 303 cm³/mol. The summed E-state index contributed by atoms with van der Waals surface area (Å²) in [6.45, 7) is 14.2. The molecule has 0 amide bonds. The van der Waals surface area contributed by atoms with Crippen LogP contribution in [0.4, 0.5) is 34.1 Å². The second-order valence-corrected chi connectivity index (χ2v) is 22.1. The summed E-state index contributed by atoms with van der Waals surface area (Å²) in [5, 5.41) is 4.49. The summed E-state index contributed by atoms with van der Waals surface area (Å²) in [5.41, 5.74) is 25.2. The first-order chi connectivity index (χ1) is 35.4. The molecule has 4 nitrogen and oxygen atoms in total. The average Bonchev–Trinajstić information content (AvgIpc) is 4.15. The highest BCUT2D eigenvalue weighted by Gasteiger charge is 2.40. The van der Waals surface area contributed by atoms with Gasteiger partial charge in [-0.2, -0.15) is 0 Å². The molecule has 73 heavy (non-hydrogen) atoms. The quantitative estimate of drug-likeness (QED) is 0.166. The van der Waals surface area contributed by atoms with Crippen molar-refractivity contribution in [2.75, 3.05) is 9.80 Å². The fraction of sp³-hybridized carbons (Fsp3) is 0.130. The second kappa shape index (κ2) is 14.7. The average molecular weight is 941 g/mol. The maximum Gasteiger partial charge on any atom is 0.137 e. The molecule has 0 unspecified atom stereocenters. The fourth-order valence-corrected chi connectivity index (χ4v) is 13.3. The van der Waals surface area contributed by atoms with Crippen LogP contribution in [0.25, 0.3) is 77.3 Å². The van der Waals surface area contributed by atoms with Crippen molar-refractivity contribution in [2.45, 2.75) is 57.8 Å². The van der Waals surface area contributed by atoms with Gasteiger partial charge in [-0.15, -0.1) is 0 Å². The number of fused-ring (bicyclic) bond motifs is 15. The highest BCUT2D eigenvalue weighted by atomic mass is 16.3. The van der Waals surface area contributed by atoms with Crippen LogP contribution >= 0.6 is 0 Å². The molecule has 0 spiro atoms. The van der Waals surface area contributed by atoms with Gasteiger partial charge in [0.05, 0.1) is 0 Å². The van der Waals surface area contributed by atoms with Crippen LogP contribution in [0.1, 0.15) is 74.9 Å². The van der Waals surface area contributed by atoms with Crippen LogP contribution in [0.3, 0.4) is 0 Å². The second-order valence-electron chi connectivity index (χ2n) is 22.1. The molecule has 0 saturated carbocycles. The largest absolute Gasteiger partial charge is 0.456 e. The Morgan fingerprint density at radius 3 is 0.904 bits per heavy atom. The van der Waals surface area contributed by atoms with E-state index < -0.39 is 0 Å². The van der Waals surface area contributed by atoms with Crippen LogP contribution in [0.15, 0.2) is 215 Å². The standard InChI is InChI=1S/C69H52N2O2/c1-67(2)57-19-11-7-15-47(57)49-29-23-41(35-59(49)67)70(45-27-33-55-53-17-9-13-21-63(53)72-65(55)39-45)43-25-31-51-52-32-26-44(38-62(52)69(5,6)61(51)37-43)71(46-28-34-56-54-18-10-14-22-64(54)73-66(56)40-46)42-24-30-50-48-16-8-12-20-58(48)68(3,4)60(50)36-42/h7-40H,1-6H3. The lowest BCUT2D eigenvalue weighted by atomic mass is 9.81. The van der Waals surface area contributed by atoms with Crippen LogP contribution in [0.5, 0.6) is 0 Å². The minimum atomic E-state index is -0.331. The zero-order valence-corrected chi connectivity index (χ0v) is 41.8. The van der Waals surface area contributed by atoms with Gasteiger partial charge in [0.1, 0.15) is 22.3 Å². The maximum atomic E-state index is 6.55. The smallest absolute Gasteiger partial charge is 0.137 e. The fourth-order valence-electron chi connectivity index (χ4n) is 13.3. The van der Waals surface area contributed by atoms with Gasteiger partial charge >= 0.3 is 0 Å². The number of hydrogen-bond donors (Lipinski definition) is 0. The van der Waals surface area contributed by atoms with E-state index in [1.165, 1.54) is 66.8 Å². The molecule has 0 N–H and O–H groups in total. The summed E-state index contributed by atoms with van der Waals surface area (Å²) < 4.78 is 13.1. The molecular formula is C69H52N2O2. The number of anilines is 6. The van der Waals surface area contributed by atoms with Gasteiger partial charge in [0, 0.05) is 84.0 Å². The van der Waals surface area contributed by atoms with Gasteiger partial charge in [0.25, 0.3) is 0 Å². The molecule has 0 saturated heterocycles. The molecule has 3 aliphatic rings. The van der Waals surface area contributed by atoms with E-state index in [1.54, 1.807) is 0 Å². The Hall–Kier alpha value is -8.60. The zero-order chi connectivity index (χ0) is 49.1. The Balaban J connectivity index is 0.874. The van der Waals surface area contributed by atoms with Crippen molar-refractivity contribution in [1.29, 1.82) is 0 Å². The van der Waals surface area contributed by atoms with Gasteiger partial charge in [-0.25, -0.2) is 0 Å². The predicted octanol–water partition coefficient (Wildman–Crippen LogP) is 19.3. The monoisotopic (exact) mass is 940 g/mol. The van der Waals surface area contributed by atoms with Crippen molar-refractivity contribution in [2.24, 2.45) is 0 Å². The Bertz CT molecular complexity index is 4060. The number of para-hydroxylation sites is 2. The Morgan fingerprint density at radius 1 is 0.247 bits per heavy atom.